The maximum absolute atomic E-state index is 4.80. The summed E-state index contributed by atoms with van der Waals surface area (Å²) in [6.07, 6.45) is 0. The molecule has 8 rings (SSSR count). The Hall–Kier alpha value is -3.23. The fourth-order valence-corrected chi connectivity index (χ4v) is 38.7. The van der Waals surface area contributed by atoms with Crippen LogP contribution in [0.25, 0.3) is 22.3 Å². The number of rotatable bonds is 4. The summed E-state index contributed by atoms with van der Waals surface area (Å²) in [6.45, 7) is 0. The van der Waals surface area contributed by atoms with E-state index in [0.29, 0.717) is 7.35 Å². The van der Waals surface area contributed by atoms with E-state index in [4.69, 9.17) is 0 Å². The minimum absolute atomic E-state index is 0. The Labute approximate surface area is 262 Å². The molecule has 0 unspecified atom stereocenters. The molecule has 0 atom stereocenters. The first-order valence-electron chi connectivity index (χ1n) is 14.4. The molecular formula is C39H31Cl2Hf. The third-order valence-corrected chi connectivity index (χ3v) is 38.8. The molecule has 0 saturated carbocycles. The van der Waals surface area contributed by atoms with Gasteiger partial charge in [0.05, 0.1) is 0 Å². The zero-order valence-corrected chi connectivity index (χ0v) is 28.5. The fourth-order valence-electron chi connectivity index (χ4n) is 8.68. The second-order valence-electron chi connectivity index (χ2n) is 11.9. The standard InChI is InChI=1S/2C13H9.2C6H5.CH3.2ClH.Hf/c2*1-3-7-12-10(5-1)9-11-6-2-4-8-13(11)12;2*1-2-4-6-5-3-1;;;;/h2*1-9H;2*1-5H;1H3;2*1H;/q;;;;;;;+2/p-2. The van der Waals surface area contributed by atoms with Crippen molar-refractivity contribution >= 4 is 6.64 Å². The molecule has 3 heteroatoms. The number of fused-ring (bicyclic) bond motifs is 6. The summed E-state index contributed by atoms with van der Waals surface area (Å²) < 4.78 is 6.50. The second-order valence-corrected chi connectivity index (χ2v) is 34.2. The van der Waals surface area contributed by atoms with Crippen molar-refractivity contribution in [2.45, 2.75) is 12.0 Å². The zero-order chi connectivity index (χ0) is 26.8. The van der Waals surface area contributed by atoms with Gasteiger partial charge in [0.2, 0.25) is 0 Å². The van der Waals surface area contributed by atoms with E-state index in [1.807, 2.05) is 0 Å². The van der Waals surface area contributed by atoms with Crippen LogP contribution in [0, 0.1) is 0 Å². The SMILES string of the molecule is [CH3][Hf+2]([c]1ccccc1)([c]1ccccc1)([CH]1c2ccccc2-c2ccccc21)[CH]1c2ccccc2-c2ccccc21.[Cl-].[Cl-]. The van der Waals surface area contributed by atoms with E-state index in [9.17, 15) is 0 Å². The Kier molecular flexibility index (Phi) is 7.42. The van der Waals surface area contributed by atoms with Crippen LogP contribution in [0.4, 0.5) is 0 Å². The third-order valence-electron chi connectivity index (χ3n) is 10.2. The van der Waals surface area contributed by atoms with E-state index in [2.05, 4.69) is 162 Å². The van der Waals surface area contributed by atoms with Gasteiger partial charge in [-0.15, -0.1) is 0 Å². The summed E-state index contributed by atoms with van der Waals surface area (Å²) in [6, 6.07) is 60.3. The normalized spacial score (nSPS) is 13.7. The van der Waals surface area contributed by atoms with Gasteiger partial charge in [0.15, 0.2) is 0 Å². The van der Waals surface area contributed by atoms with Gasteiger partial charge in [0, 0.05) is 0 Å². The second kappa shape index (κ2) is 10.8. The molecular weight excluding hydrogens is 718 g/mol. The summed E-state index contributed by atoms with van der Waals surface area (Å²) in [4.78, 5) is 0. The van der Waals surface area contributed by atoms with Gasteiger partial charge in [-0.25, -0.2) is 0 Å². The van der Waals surface area contributed by atoms with Crippen LogP contribution in [0.1, 0.15) is 29.6 Å². The monoisotopic (exact) mass is 749 g/mol. The average Bonchev–Trinajstić information content (AvgIpc) is 3.56. The molecule has 42 heavy (non-hydrogen) atoms. The van der Waals surface area contributed by atoms with Gasteiger partial charge < -0.3 is 24.8 Å². The van der Waals surface area contributed by atoms with Crippen molar-refractivity contribution < 1.29 is 43.3 Å². The Morgan fingerprint density at radius 3 is 0.857 bits per heavy atom. The minimum Gasteiger partial charge on any atom is -1.00 e. The fraction of sp³-hybridized carbons (Fsp3) is 0.0769. The van der Waals surface area contributed by atoms with E-state index >= 15 is 0 Å². The van der Waals surface area contributed by atoms with Crippen LogP contribution in [0.15, 0.2) is 158 Å². The molecule has 205 valence electrons. The molecule has 0 amide bonds. The zero-order valence-electron chi connectivity index (χ0n) is 23.4. The maximum atomic E-state index is 2.79. The van der Waals surface area contributed by atoms with Crippen LogP contribution in [-0.2, 0) is 18.5 Å². The third kappa shape index (κ3) is 3.70. The van der Waals surface area contributed by atoms with Crippen molar-refractivity contribution in [3.63, 3.8) is 0 Å². The van der Waals surface area contributed by atoms with E-state index in [1.165, 1.54) is 44.5 Å². The van der Waals surface area contributed by atoms with Gasteiger partial charge in [-0.05, 0) is 0 Å². The molecule has 0 heterocycles. The van der Waals surface area contributed by atoms with Gasteiger partial charge >= 0.3 is 239 Å². The van der Waals surface area contributed by atoms with Gasteiger partial charge in [0.25, 0.3) is 0 Å². The Morgan fingerprint density at radius 2 is 0.571 bits per heavy atom. The first-order valence-corrected chi connectivity index (χ1v) is 25.7. The van der Waals surface area contributed by atoms with Crippen LogP contribution in [0.3, 0.4) is 0 Å². The summed E-state index contributed by atoms with van der Waals surface area (Å²) in [7, 11) is 0. The van der Waals surface area contributed by atoms with Crippen molar-refractivity contribution in [1.29, 1.82) is 0 Å². The smallest absolute Gasteiger partial charge is 1.00 e. The molecule has 0 aromatic heterocycles. The van der Waals surface area contributed by atoms with Crippen molar-refractivity contribution in [3.05, 3.63) is 180 Å². The van der Waals surface area contributed by atoms with Crippen LogP contribution >= 0.6 is 0 Å². The molecule has 6 aromatic rings. The quantitative estimate of drug-likeness (QED) is 0.244. The maximum Gasteiger partial charge on any atom is -1.00 e. The van der Waals surface area contributed by atoms with Crippen molar-refractivity contribution in [3.8, 4) is 22.3 Å². The molecule has 0 saturated heterocycles. The minimum atomic E-state index is -4.80. The van der Waals surface area contributed by atoms with E-state index < -0.39 is 18.5 Å². The molecule has 0 fully saturated rings. The number of halogens is 2. The first kappa shape index (κ1) is 28.9. The Balaban J connectivity index is 0.00000158. The predicted molar refractivity (Wildman–Crippen MR) is 165 cm³/mol. The van der Waals surface area contributed by atoms with Gasteiger partial charge in [-0.3, -0.25) is 0 Å². The van der Waals surface area contributed by atoms with Crippen LogP contribution in [0.2, 0.25) is 4.68 Å². The summed E-state index contributed by atoms with van der Waals surface area (Å²) in [5.74, 6) is 0. The topological polar surface area (TPSA) is 0 Å². The van der Waals surface area contributed by atoms with Crippen LogP contribution < -0.4 is 31.5 Å². The summed E-state index contributed by atoms with van der Waals surface area (Å²) in [5, 5.41) is 0. The summed E-state index contributed by atoms with van der Waals surface area (Å²) >= 11 is -4.80. The molecule has 2 aliphatic carbocycles. The molecule has 6 aromatic carbocycles. The predicted octanol–water partition coefficient (Wildman–Crippen LogP) is 2.92. The van der Waals surface area contributed by atoms with Crippen LogP contribution in [0.5, 0.6) is 0 Å². The molecule has 0 N–H and O–H groups in total. The Bertz CT molecular complexity index is 1670. The molecule has 0 spiro atoms. The van der Waals surface area contributed by atoms with Gasteiger partial charge in [-0.1, -0.05) is 0 Å². The molecule has 0 aliphatic heterocycles. The van der Waals surface area contributed by atoms with Crippen molar-refractivity contribution in [1.82, 2.24) is 0 Å². The van der Waals surface area contributed by atoms with E-state index in [-0.39, 0.29) is 24.8 Å². The van der Waals surface area contributed by atoms with Gasteiger partial charge in [-0.2, -0.15) is 0 Å². The van der Waals surface area contributed by atoms with E-state index in [0.717, 1.165) is 0 Å². The van der Waals surface area contributed by atoms with Gasteiger partial charge in [0.1, 0.15) is 0 Å². The van der Waals surface area contributed by atoms with E-state index in [1.54, 1.807) is 6.64 Å². The molecule has 0 nitrogen and oxygen atoms in total. The molecule has 0 radical (unpaired) electrons. The average molecular weight is 749 g/mol. The first-order chi connectivity index (χ1) is 19.7. The largest absolute Gasteiger partial charge is 1.00 e. The number of hydrogen-bond donors (Lipinski definition) is 0. The molecule has 0 bridgehead atoms. The number of benzene rings is 6. The van der Waals surface area contributed by atoms with Crippen molar-refractivity contribution in [2.24, 2.45) is 0 Å². The molecule has 2 aliphatic rings. The Morgan fingerprint density at radius 1 is 0.333 bits per heavy atom. The summed E-state index contributed by atoms with van der Waals surface area (Å²) in [5.41, 5.74) is 11.6. The van der Waals surface area contributed by atoms with Crippen molar-refractivity contribution in [2.75, 3.05) is 0 Å². The van der Waals surface area contributed by atoms with Crippen LogP contribution in [-0.4, -0.2) is 0 Å². The number of hydrogen-bond acceptors (Lipinski definition) is 0.